The number of thioether (sulfide) groups is 1. The molecule has 16 N–H and O–H groups in total. The molecule has 410 valence electrons. The Labute approximate surface area is 430 Å². The number of hydrogen-bond donors (Lipinski definition) is 14. The van der Waals surface area contributed by atoms with E-state index in [1.165, 1.54) is 24.3 Å². The predicted molar refractivity (Wildman–Crippen MR) is 262 cm³/mol. The van der Waals surface area contributed by atoms with Crippen LogP contribution in [-0.2, 0) is 68.7 Å². The molecule has 1 aliphatic heterocycles. The number of carboxylic acid groups (broad SMARTS) is 3. The van der Waals surface area contributed by atoms with Crippen LogP contribution in [0, 0.1) is 17.8 Å². The summed E-state index contributed by atoms with van der Waals surface area (Å²) in [5, 5.41) is 58.3. The summed E-state index contributed by atoms with van der Waals surface area (Å²) < 4.78 is 0. The third-order valence-electron chi connectivity index (χ3n) is 11.2. The molecule has 10 amide bonds. The molecule has 1 saturated heterocycles. The summed E-state index contributed by atoms with van der Waals surface area (Å²) in [7, 11) is 0. The molecule has 0 bridgehead atoms. The van der Waals surface area contributed by atoms with Gasteiger partial charge < -0.3 is 74.4 Å². The molecule has 1 fully saturated rings. The maximum Gasteiger partial charge on any atom is 0.317 e. The van der Waals surface area contributed by atoms with Crippen LogP contribution in [0.2, 0.25) is 0 Å². The quantitative estimate of drug-likeness (QED) is 0.0727. The van der Waals surface area contributed by atoms with Gasteiger partial charge in [0.2, 0.25) is 59.1 Å². The number of phenolic OH excluding ortho intramolecular Hbond substituents is 1. The topological polar surface area (TPSA) is 451 Å². The van der Waals surface area contributed by atoms with E-state index < -0.39 is 162 Å². The highest BCUT2D eigenvalue weighted by Gasteiger charge is 2.37. The number of nitrogens with one attached hydrogen (secondary N) is 8. The van der Waals surface area contributed by atoms with E-state index in [2.05, 4.69) is 42.5 Å². The fourth-order valence-electron chi connectivity index (χ4n) is 7.27. The molecule has 1 aromatic rings. The van der Waals surface area contributed by atoms with E-state index >= 15 is 0 Å². The Morgan fingerprint density at radius 1 is 0.649 bits per heavy atom. The number of aromatic hydroxyl groups is 1. The van der Waals surface area contributed by atoms with Crippen LogP contribution in [0.4, 0.5) is 0 Å². The number of hydrogen-bond acceptors (Lipinski definition) is 15. The molecule has 0 unspecified atom stereocenters. The average molecular weight is 1070 g/mol. The number of phenols is 1. The third kappa shape index (κ3) is 22.9. The van der Waals surface area contributed by atoms with Gasteiger partial charge in [-0.2, -0.15) is 0 Å². The highest BCUT2D eigenvalue weighted by atomic mass is 32.2. The molecule has 0 radical (unpaired) electrons. The fourth-order valence-corrected chi connectivity index (χ4v) is 8.14. The minimum absolute atomic E-state index is 0.000144. The molecule has 0 saturated carbocycles. The van der Waals surface area contributed by atoms with Crippen LogP contribution in [0.5, 0.6) is 5.75 Å². The van der Waals surface area contributed by atoms with Crippen molar-refractivity contribution in [3.8, 4) is 5.75 Å². The number of carbonyl (C=O) groups excluding carboxylic acids is 10. The number of carboxylic acids is 3. The van der Waals surface area contributed by atoms with Crippen LogP contribution in [-0.4, -0.2) is 158 Å². The highest BCUT2D eigenvalue weighted by Crippen LogP contribution is 2.16. The van der Waals surface area contributed by atoms with Crippen molar-refractivity contribution in [2.24, 2.45) is 29.2 Å². The minimum atomic E-state index is -2.25. The molecule has 1 aliphatic rings. The first-order chi connectivity index (χ1) is 34.7. The van der Waals surface area contributed by atoms with Crippen LogP contribution in [0.1, 0.15) is 91.0 Å². The highest BCUT2D eigenvalue weighted by molar-refractivity contribution is 8.00. The molecular weight excluding hydrogens is 997 g/mol. The van der Waals surface area contributed by atoms with Crippen molar-refractivity contribution in [1.29, 1.82) is 0 Å². The Bertz CT molecular complexity index is 2200. The van der Waals surface area contributed by atoms with Gasteiger partial charge in [0, 0.05) is 38.0 Å². The van der Waals surface area contributed by atoms with Crippen LogP contribution in [0.15, 0.2) is 24.3 Å². The second-order valence-corrected chi connectivity index (χ2v) is 19.3. The monoisotopic (exact) mass is 1060 g/mol. The molecule has 0 aliphatic carbocycles. The van der Waals surface area contributed by atoms with E-state index in [1.807, 2.05) is 0 Å². The largest absolute Gasteiger partial charge is 0.508 e. The van der Waals surface area contributed by atoms with Crippen molar-refractivity contribution in [3.63, 3.8) is 0 Å². The summed E-state index contributed by atoms with van der Waals surface area (Å²) in [6.45, 7) is 6.49. The van der Waals surface area contributed by atoms with Crippen molar-refractivity contribution in [2.75, 3.05) is 18.1 Å². The van der Waals surface area contributed by atoms with Gasteiger partial charge in [0.1, 0.15) is 48.0 Å². The SMILES string of the molecule is CC(C)C[C@@H]1NC(=O)[C@H](CC(C(=O)O)C(=O)O)NC(=O)CSC[C@@H](C(N)=O)NC(=O)CCCCNC(=O)[C@H](C(C)C)NC(=O)[C@H](CC(N)=O)NC(=O)[C@H](CCCC(=O)O)NC(=O)[C@H](Cc2ccc(O)cc2)NC1=O. The second-order valence-electron chi connectivity index (χ2n) is 18.3. The molecule has 74 heavy (non-hydrogen) atoms. The van der Waals surface area contributed by atoms with Crippen molar-refractivity contribution >= 4 is 88.7 Å². The standard InChI is InChI=1S/C46H68N10O17S/c1-22(2)16-28-40(65)54-29(17-24-11-13-25(57)14-12-24)41(66)52-27(8-7-10-36(61)62)39(64)55-31(19-33(47)58)43(68)56-37(23(3)4)44(69)49-15-6-5-9-34(59)51-32(38(48)63)20-74-21-35(60)50-30(42(67)53-28)18-26(45(70)71)46(72)73/h11-14,22-23,26-32,37,57H,5-10,15-21H2,1-4H3,(H2,47,58)(H2,48,63)(H,49,69)(H,50,60)(H,51,59)(H,52,66)(H,53,67)(H,54,65)(H,55,64)(H,56,68)(H,61,62)(H,70,71)(H,72,73)/t27-,28-,29-,30-,31-,32-,37-/m0/s1. The van der Waals surface area contributed by atoms with E-state index in [9.17, 15) is 82.8 Å². The lowest BCUT2D eigenvalue weighted by Gasteiger charge is -2.28. The van der Waals surface area contributed by atoms with E-state index in [4.69, 9.17) is 11.5 Å². The van der Waals surface area contributed by atoms with Crippen LogP contribution in [0.25, 0.3) is 0 Å². The summed E-state index contributed by atoms with van der Waals surface area (Å²) in [4.78, 5) is 170. The van der Waals surface area contributed by atoms with Gasteiger partial charge in [-0.05, 0) is 61.6 Å². The molecule has 27 nitrogen and oxygen atoms in total. The Morgan fingerprint density at radius 2 is 1.19 bits per heavy atom. The number of nitrogens with two attached hydrogens (primary N) is 2. The predicted octanol–water partition coefficient (Wildman–Crippen LogP) is -3.15. The lowest BCUT2D eigenvalue weighted by Crippen LogP contribution is -2.60. The molecule has 1 heterocycles. The van der Waals surface area contributed by atoms with E-state index in [1.54, 1.807) is 27.7 Å². The Hall–Kier alpha value is -7.52. The van der Waals surface area contributed by atoms with Crippen molar-refractivity contribution < 1.29 is 82.8 Å². The molecule has 0 aromatic heterocycles. The Balaban J connectivity index is 2.74. The van der Waals surface area contributed by atoms with Gasteiger partial charge >= 0.3 is 17.9 Å². The smallest absolute Gasteiger partial charge is 0.317 e. The number of carbonyl (C=O) groups is 13. The summed E-state index contributed by atoms with van der Waals surface area (Å²) >= 11 is 0.766. The van der Waals surface area contributed by atoms with Gasteiger partial charge in [-0.15, -0.1) is 11.8 Å². The normalized spacial score (nSPS) is 23.1. The van der Waals surface area contributed by atoms with Gasteiger partial charge in [-0.1, -0.05) is 39.8 Å². The number of rotatable bonds is 16. The maximum absolute atomic E-state index is 14.3. The summed E-state index contributed by atoms with van der Waals surface area (Å²) in [5.41, 5.74) is 11.3. The zero-order valence-corrected chi connectivity index (χ0v) is 42.3. The molecule has 2 rings (SSSR count). The van der Waals surface area contributed by atoms with E-state index in [0.29, 0.717) is 5.56 Å². The maximum atomic E-state index is 14.3. The minimum Gasteiger partial charge on any atom is -0.508 e. The fraction of sp³-hybridized carbons (Fsp3) is 0.587. The zero-order valence-electron chi connectivity index (χ0n) is 41.4. The Morgan fingerprint density at radius 3 is 1.74 bits per heavy atom. The summed E-state index contributed by atoms with van der Waals surface area (Å²) in [6, 6.07) is -5.77. The molecule has 28 heteroatoms. The molecule has 1 aromatic carbocycles. The second kappa shape index (κ2) is 31.2. The Kier molecular flexibility index (Phi) is 26.4. The van der Waals surface area contributed by atoms with Gasteiger partial charge in [0.05, 0.1) is 12.2 Å². The molecule has 7 atom stereocenters. The summed E-state index contributed by atoms with van der Waals surface area (Å²) in [6.07, 6.45) is -3.22. The molecule has 0 spiro atoms. The van der Waals surface area contributed by atoms with Crippen LogP contribution >= 0.6 is 11.8 Å². The van der Waals surface area contributed by atoms with Crippen molar-refractivity contribution in [3.05, 3.63) is 29.8 Å². The van der Waals surface area contributed by atoms with Crippen LogP contribution < -0.4 is 54.0 Å². The van der Waals surface area contributed by atoms with Gasteiger partial charge in [-0.25, -0.2) is 0 Å². The third-order valence-corrected chi connectivity index (χ3v) is 12.2. The van der Waals surface area contributed by atoms with Gasteiger partial charge in [-0.3, -0.25) is 62.3 Å². The lowest BCUT2D eigenvalue weighted by molar-refractivity contribution is -0.156. The first-order valence-corrected chi connectivity index (χ1v) is 24.8. The number of amides is 10. The average Bonchev–Trinajstić information content (AvgIpc) is 3.29. The number of aliphatic carboxylic acids is 3. The first-order valence-electron chi connectivity index (χ1n) is 23.7. The zero-order chi connectivity index (χ0) is 55.8. The van der Waals surface area contributed by atoms with E-state index in [-0.39, 0.29) is 63.0 Å². The van der Waals surface area contributed by atoms with Crippen molar-refractivity contribution in [2.45, 2.75) is 134 Å². The van der Waals surface area contributed by atoms with Crippen LogP contribution in [0.3, 0.4) is 0 Å². The number of benzene rings is 1. The van der Waals surface area contributed by atoms with Gasteiger partial charge in [0.15, 0.2) is 5.92 Å². The van der Waals surface area contributed by atoms with Gasteiger partial charge in [0.25, 0.3) is 0 Å². The first kappa shape index (κ1) is 62.6. The summed E-state index contributed by atoms with van der Waals surface area (Å²) in [5.74, 6) is -19.0. The molecular formula is C46H68N10O17S. The van der Waals surface area contributed by atoms with E-state index in [0.717, 1.165) is 11.8 Å². The lowest BCUT2D eigenvalue weighted by atomic mass is 9.97. The van der Waals surface area contributed by atoms with Crippen molar-refractivity contribution in [1.82, 2.24) is 42.5 Å². The number of primary amides is 2.